The van der Waals surface area contributed by atoms with E-state index in [4.69, 9.17) is 4.74 Å². The number of likely N-dealkylation sites (tertiary alicyclic amines) is 1. The molecule has 6 heteroatoms. The maximum Gasteiger partial charge on any atom is 0.191 e. The van der Waals surface area contributed by atoms with Gasteiger partial charge >= 0.3 is 0 Å². The van der Waals surface area contributed by atoms with Crippen LogP contribution in [0.4, 0.5) is 5.69 Å². The van der Waals surface area contributed by atoms with Crippen molar-refractivity contribution >= 4 is 11.6 Å². The second-order valence-corrected chi connectivity index (χ2v) is 6.35. The average molecular weight is 348 g/mol. The summed E-state index contributed by atoms with van der Waals surface area (Å²) in [7, 11) is 3.54. The van der Waals surface area contributed by atoms with E-state index in [9.17, 15) is 0 Å². The van der Waals surface area contributed by atoms with Gasteiger partial charge in [-0.1, -0.05) is 19.1 Å². The Kier molecular flexibility index (Phi) is 8.55. The van der Waals surface area contributed by atoms with E-state index in [0.717, 1.165) is 37.8 Å². The molecule has 1 saturated heterocycles. The second kappa shape index (κ2) is 10.9. The molecule has 1 fully saturated rings. The van der Waals surface area contributed by atoms with Crippen molar-refractivity contribution in [2.75, 3.05) is 52.3 Å². The Bertz CT molecular complexity index is 517. The van der Waals surface area contributed by atoms with Crippen LogP contribution in [-0.2, 0) is 11.3 Å². The highest BCUT2D eigenvalue weighted by Gasteiger charge is 2.22. The Morgan fingerprint density at radius 2 is 2.08 bits per heavy atom. The molecule has 2 rings (SSSR count). The van der Waals surface area contributed by atoms with Gasteiger partial charge in [0.25, 0.3) is 0 Å². The lowest BCUT2D eigenvalue weighted by Crippen LogP contribution is -2.44. The van der Waals surface area contributed by atoms with E-state index in [1.54, 1.807) is 7.11 Å². The standard InChI is InChI=1S/C19H33N5O/c1-4-24-12-5-6-18(24)15-23-19(20-2)22-14-16-7-9-17(10-8-16)21-11-13-25-3/h7-10,18,21H,4-6,11-15H2,1-3H3,(H2,20,22,23). The molecule has 0 aromatic heterocycles. The number of methoxy groups -OCH3 is 1. The van der Waals surface area contributed by atoms with Crippen molar-refractivity contribution in [2.45, 2.75) is 32.4 Å². The zero-order valence-electron chi connectivity index (χ0n) is 15.8. The minimum atomic E-state index is 0.626. The van der Waals surface area contributed by atoms with Crippen LogP contribution in [0.2, 0.25) is 0 Å². The smallest absolute Gasteiger partial charge is 0.191 e. The molecule has 0 aliphatic carbocycles. The average Bonchev–Trinajstić information content (AvgIpc) is 3.11. The quantitative estimate of drug-likeness (QED) is 0.362. The molecular formula is C19H33N5O. The Morgan fingerprint density at radius 1 is 1.28 bits per heavy atom. The van der Waals surface area contributed by atoms with Crippen LogP contribution in [0.5, 0.6) is 0 Å². The zero-order chi connectivity index (χ0) is 17.9. The Morgan fingerprint density at radius 3 is 2.76 bits per heavy atom. The van der Waals surface area contributed by atoms with E-state index in [2.05, 4.69) is 57.0 Å². The number of rotatable bonds is 9. The van der Waals surface area contributed by atoms with Gasteiger partial charge in [-0.2, -0.15) is 0 Å². The topological polar surface area (TPSA) is 60.9 Å². The van der Waals surface area contributed by atoms with E-state index in [0.29, 0.717) is 12.6 Å². The van der Waals surface area contributed by atoms with Crippen molar-refractivity contribution in [1.82, 2.24) is 15.5 Å². The molecule has 25 heavy (non-hydrogen) atoms. The first-order valence-electron chi connectivity index (χ1n) is 9.27. The summed E-state index contributed by atoms with van der Waals surface area (Å²) < 4.78 is 5.04. The van der Waals surface area contributed by atoms with Crippen LogP contribution in [-0.4, -0.2) is 63.8 Å². The number of benzene rings is 1. The van der Waals surface area contributed by atoms with Gasteiger partial charge in [-0.3, -0.25) is 9.89 Å². The summed E-state index contributed by atoms with van der Waals surface area (Å²) in [6.07, 6.45) is 2.58. The van der Waals surface area contributed by atoms with Gasteiger partial charge in [0, 0.05) is 45.5 Å². The summed E-state index contributed by atoms with van der Waals surface area (Å²) in [5.74, 6) is 0.866. The Labute approximate surface area is 152 Å². The van der Waals surface area contributed by atoms with E-state index in [1.807, 2.05) is 7.05 Å². The maximum atomic E-state index is 5.04. The van der Waals surface area contributed by atoms with Crippen molar-refractivity contribution < 1.29 is 4.74 Å². The molecule has 0 saturated carbocycles. The fourth-order valence-electron chi connectivity index (χ4n) is 3.20. The van der Waals surface area contributed by atoms with Crippen molar-refractivity contribution in [3.63, 3.8) is 0 Å². The number of hydrogen-bond acceptors (Lipinski definition) is 4. The molecule has 1 aromatic rings. The van der Waals surface area contributed by atoms with Crippen LogP contribution in [0.1, 0.15) is 25.3 Å². The predicted octanol–water partition coefficient (Wildman–Crippen LogP) is 1.89. The number of ether oxygens (including phenoxy) is 1. The molecule has 1 aliphatic heterocycles. The monoisotopic (exact) mass is 347 g/mol. The highest BCUT2D eigenvalue weighted by molar-refractivity contribution is 5.79. The fraction of sp³-hybridized carbons (Fsp3) is 0.632. The summed E-state index contributed by atoms with van der Waals surface area (Å²) in [6, 6.07) is 9.08. The van der Waals surface area contributed by atoms with Gasteiger partial charge < -0.3 is 20.7 Å². The van der Waals surface area contributed by atoms with Gasteiger partial charge in [0.15, 0.2) is 5.96 Å². The van der Waals surface area contributed by atoms with Crippen LogP contribution in [0.3, 0.4) is 0 Å². The van der Waals surface area contributed by atoms with Crippen LogP contribution in [0, 0.1) is 0 Å². The van der Waals surface area contributed by atoms with Crippen molar-refractivity contribution in [1.29, 1.82) is 0 Å². The Hall–Kier alpha value is -1.79. The molecule has 0 bridgehead atoms. The number of nitrogens with zero attached hydrogens (tertiary/aromatic N) is 2. The largest absolute Gasteiger partial charge is 0.383 e. The van der Waals surface area contributed by atoms with E-state index < -0.39 is 0 Å². The van der Waals surface area contributed by atoms with Gasteiger partial charge in [-0.15, -0.1) is 0 Å². The Balaban J connectivity index is 1.73. The van der Waals surface area contributed by atoms with Crippen molar-refractivity contribution in [3.05, 3.63) is 29.8 Å². The molecule has 140 valence electrons. The van der Waals surface area contributed by atoms with Crippen LogP contribution in [0.15, 0.2) is 29.3 Å². The molecule has 0 radical (unpaired) electrons. The third-order valence-corrected chi connectivity index (χ3v) is 4.68. The number of anilines is 1. The third kappa shape index (κ3) is 6.55. The molecule has 1 unspecified atom stereocenters. The molecule has 6 nitrogen and oxygen atoms in total. The summed E-state index contributed by atoms with van der Waals surface area (Å²) in [6.45, 7) is 7.83. The lowest BCUT2D eigenvalue weighted by atomic mass is 10.2. The molecule has 0 spiro atoms. The molecule has 0 amide bonds. The molecule has 3 N–H and O–H groups in total. The fourth-order valence-corrected chi connectivity index (χ4v) is 3.20. The van der Waals surface area contributed by atoms with Gasteiger partial charge in [-0.25, -0.2) is 0 Å². The lowest BCUT2D eigenvalue weighted by Gasteiger charge is -2.24. The summed E-state index contributed by atoms with van der Waals surface area (Å²) in [5.41, 5.74) is 2.35. The summed E-state index contributed by atoms with van der Waals surface area (Å²) >= 11 is 0. The predicted molar refractivity (Wildman–Crippen MR) is 105 cm³/mol. The van der Waals surface area contributed by atoms with Crippen molar-refractivity contribution in [2.24, 2.45) is 4.99 Å². The molecule has 1 aromatic carbocycles. The van der Waals surface area contributed by atoms with E-state index >= 15 is 0 Å². The number of aliphatic imine (C=N–C) groups is 1. The third-order valence-electron chi connectivity index (χ3n) is 4.68. The second-order valence-electron chi connectivity index (χ2n) is 6.35. The first kappa shape index (κ1) is 19.5. The summed E-state index contributed by atoms with van der Waals surface area (Å²) in [5, 5.41) is 10.2. The minimum absolute atomic E-state index is 0.626. The SMILES string of the molecule is CCN1CCCC1CNC(=NC)NCc1ccc(NCCOC)cc1. The van der Waals surface area contributed by atoms with Crippen LogP contribution >= 0.6 is 0 Å². The molecule has 1 aliphatic rings. The number of nitrogens with one attached hydrogen (secondary N) is 3. The number of guanidine groups is 1. The zero-order valence-corrected chi connectivity index (χ0v) is 15.8. The maximum absolute atomic E-state index is 5.04. The van der Waals surface area contributed by atoms with Crippen molar-refractivity contribution in [3.8, 4) is 0 Å². The van der Waals surface area contributed by atoms with Gasteiger partial charge in [0.2, 0.25) is 0 Å². The van der Waals surface area contributed by atoms with Gasteiger partial charge in [-0.05, 0) is 43.6 Å². The number of hydrogen-bond donors (Lipinski definition) is 3. The first-order chi connectivity index (χ1) is 12.3. The molecule has 1 atom stereocenters. The van der Waals surface area contributed by atoms with E-state index in [1.165, 1.54) is 24.9 Å². The van der Waals surface area contributed by atoms with Gasteiger partial charge in [0.05, 0.1) is 6.61 Å². The molecular weight excluding hydrogens is 314 g/mol. The van der Waals surface area contributed by atoms with E-state index in [-0.39, 0.29) is 0 Å². The number of likely N-dealkylation sites (N-methyl/N-ethyl adjacent to an activating group) is 1. The van der Waals surface area contributed by atoms with Gasteiger partial charge in [0.1, 0.15) is 0 Å². The van der Waals surface area contributed by atoms with Crippen LogP contribution < -0.4 is 16.0 Å². The molecule has 1 heterocycles. The minimum Gasteiger partial charge on any atom is -0.383 e. The first-order valence-corrected chi connectivity index (χ1v) is 9.27. The van der Waals surface area contributed by atoms with Crippen LogP contribution in [0.25, 0.3) is 0 Å². The normalized spacial score (nSPS) is 18.4. The highest BCUT2D eigenvalue weighted by Crippen LogP contribution is 2.15. The lowest BCUT2D eigenvalue weighted by molar-refractivity contribution is 0.211. The highest BCUT2D eigenvalue weighted by atomic mass is 16.5. The summed E-state index contributed by atoms with van der Waals surface area (Å²) in [4.78, 5) is 6.87.